The number of hydrogen-bond acceptors (Lipinski definition) is 8. The van der Waals surface area contributed by atoms with Gasteiger partial charge in [-0.05, 0) is 72.8 Å². The van der Waals surface area contributed by atoms with Crippen molar-refractivity contribution in [3.05, 3.63) is 98.7 Å². The van der Waals surface area contributed by atoms with Gasteiger partial charge in [-0.25, -0.2) is 15.0 Å². The minimum Gasteiger partial charge on any atom is -0.322 e. The lowest BCUT2D eigenvalue weighted by atomic mass is 9.95. The zero-order valence-corrected chi connectivity index (χ0v) is 20.7. The van der Waals surface area contributed by atoms with E-state index in [4.69, 9.17) is 0 Å². The number of carbonyl (C=O) groups excluding carboxylic acids is 1. The van der Waals surface area contributed by atoms with Crippen LogP contribution in [-0.4, -0.2) is 27.0 Å². The minimum atomic E-state index is -0.425. The van der Waals surface area contributed by atoms with E-state index in [1.165, 1.54) is 22.3 Å². The lowest BCUT2D eigenvalue weighted by Gasteiger charge is -2.12. The van der Waals surface area contributed by atoms with Crippen LogP contribution in [0.1, 0.15) is 39.2 Å². The van der Waals surface area contributed by atoms with Crippen LogP contribution in [-0.2, 0) is 12.8 Å². The van der Waals surface area contributed by atoms with Gasteiger partial charge in [-0.1, -0.05) is 24.3 Å². The van der Waals surface area contributed by atoms with Gasteiger partial charge in [-0.3, -0.25) is 14.9 Å². The molecule has 1 aliphatic carbocycles. The predicted octanol–water partition coefficient (Wildman–Crippen LogP) is 6.48. The van der Waals surface area contributed by atoms with E-state index >= 15 is 0 Å². The Morgan fingerprint density at radius 1 is 1.08 bits per heavy atom. The molecule has 2 aromatic heterocycles. The van der Waals surface area contributed by atoms with E-state index in [-0.39, 0.29) is 11.6 Å². The zero-order chi connectivity index (χ0) is 24.9. The third-order valence-electron chi connectivity index (χ3n) is 5.67. The molecule has 1 N–H and O–H groups in total. The van der Waals surface area contributed by atoms with Crippen molar-refractivity contribution in [2.75, 3.05) is 5.32 Å². The number of nitrogens with zero attached hydrogens (tertiary/aromatic N) is 4. The van der Waals surface area contributed by atoms with Gasteiger partial charge in [0.25, 0.3) is 11.6 Å². The van der Waals surface area contributed by atoms with Crippen LogP contribution < -0.4 is 5.32 Å². The molecule has 0 unspecified atom stereocenters. The number of fused-ring (bicyclic) bond motifs is 1. The number of para-hydroxylation sites is 1. The van der Waals surface area contributed by atoms with Crippen LogP contribution >= 0.6 is 23.1 Å². The van der Waals surface area contributed by atoms with Gasteiger partial charge in [-0.2, -0.15) is 0 Å². The number of carbonyl (C=O) groups is 1. The van der Waals surface area contributed by atoms with E-state index in [1.54, 1.807) is 36.8 Å². The molecule has 0 atom stereocenters. The Labute approximate surface area is 215 Å². The van der Waals surface area contributed by atoms with Gasteiger partial charge in [-0.15, -0.1) is 11.3 Å². The van der Waals surface area contributed by atoms with Gasteiger partial charge >= 0.3 is 0 Å². The molecule has 180 valence electrons. The summed E-state index contributed by atoms with van der Waals surface area (Å²) in [6.45, 7) is 0. The Hall–Kier alpha value is -3.89. The summed E-state index contributed by atoms with van der Waals surface area (Å²) in [6.07, 6.45) is 8.67. The van der Waals surface area contributed by atoms with E-state index in [0.29, 0.717) is 26.2 Å². The lowest BCUT2D eigenvalue weighted by Crippen LogP contribution is -2.14. The van der Waals surface area contributed by atoms with Gasteiger partial charge < -0.3 is 5.32 Å². The largest absolute Gasteiger partial charge is 0.322 e. The van der Waals surface area contributed by atoms with E-state index in [1.807, 2.05) is 30.3 Å². The molecule has 1 aliphatic rings. The summed E-state index contributed by atoms with van der Waals surface area (Å²) >= 11 is 2.65. The average Bonchev–Trinajstić information content (AvgIpc) is 3.28. The molecule has 0 radical (unpaired) electrons. The summed E-state index contributed by atoms with van der Waals surface area (Å²) in [5.74, 6) is -0.187. The number of nitro benzene ring substituents is 1. The van der Waals surface area contributed by atoms with Crippen LogP contribution in [0.5, 0.6) is 0 Å². The van der Waals surface area contributed by atoms with Crippen molar-refractivity contribution in [1.29, 1.82) is 0 Å². The highest BCUT2D eigenvalue weighted by Gasteiger charge is 2.25. The van der Waals surface area contributed by atoms with Gasteiger partial charge in [0, 0.05) is 35.2 Å². The molecule has 0 fully saturated rings. The Morgan fingerprint density at radius 3 is 2.64 bits per heavy atom. The van der Waals surface area contributed by atoms with Gasteiger partial charge in [0.1, 0.15) is 5.00 Å². The smallest absolute Gasteiger partial charge is 0.283 e. The first-order chi connectivity index (χ1) is 17.6. The average molecular weight is 516 g/mol. The molecule has 8 nitrogen and oxygen atoms in total. The molecular weight excluding hydrogens is 494 g/mol. The lowest BCUT2D eigenvalue weighted by molar-refractivity contribution is -0.387. The minimum absolute atomic E-state index is 0.0519. The highest BCUT2D eigenvalue weighted by atomic mass is 32.2. The zero-order valence-electron chi connectivity index (χ0n) is 19.1. The summed E-state index contributed by atoms with van der Waals surface area (Å²) in [7, 11) is 0. The van der Waals surface area contributed by atoms with Gasteiger partial charge in [0.05, 0.1) is 15.4 Å². The van der Waals surface area contributed by atoms with Crippen molar-refractivity contribution in [1.82, 2.24) is 9.97 Å². The van der Waals surface area contributed by atoms with E-state index < -0.39 is 4.92 Å². The molecule has 2 aromatic carbocycles. The first-order valence-corrected chi connectivity index (χ1v) is 13.0. The van der Waals surface area contributed by atoms with Crippen LogP contribution in [0, 0.1) is 10.1 Å². The molecule has 0 spiro atoms. The molecule has 5 rings (SSSR count). The summed E-state index contributed by atoms with van der Waals surface area (Å²) in [6, 6.07) is 15.9. The number of rotatable bonds is 7. The van der Waals surface area contributed by atoms with Gasteiger partial charge in [0.2, 0.25) is 0 Å². The van der Waals surface area contributed by atoms with Crippen molar-refractivity contribution in [3.63, 3.8) is 0 Å². The van der Waals surface area contributed by atoms with Crippen molar-refractivity contribution < 1.29 is 9.72 Å². The van der Waals surface area contributed by atoms with Crippen LogP contribution in [0.15, 0.2) is 82.0 Å². The van der Waals surface area contributed by atoms with Crippen LogP contribution in [0.4, 0.5) is 16.4 Å². The maximum absolute atomic E-state index is 13.3. The normalized spacial score (nSPS) is 12.9. The monoisotopic (exact) mass is 515 g/mol. The molecule has 0 saturated carbocycles. The SMILES string of the molecule is O=C(Nc1ccccc1)c1c(N=Cc2ccc(Sc3ncccn3)c([N+](=O)[O-])c2)sc2c1CCCC2. The molecule has 4 aromatic rings. The number of amides is 1. The summed E-state index contributed by atoms with van der Waals surface area (Å²) in [5, 5.41) is 15.8. The number of nitrogens with one attached hydrogen (secondary N) is 1. The Balaban J connectivity index is 1.45. The molecule has 2 heterocycles. The number of benzene rings is 2. The van der Waals surface area contributed by atoms with E-state index in [0.717, 1.165) is 48.7 Å². The molecule has 10 heteroatoms. The van der Waals surface area contributed by atoms with Crippen molar-refractivity contribution in [2.24, 2.45) is 4.99 Å². The standard InChI is InChI=1S/C26H21N5O3S2/c32-24(30-18-7-2-1-3-8-18)23-19-9-4-5-10-21(19)35-25(23)29-16-17-11-12-22(20(15-17)31(33)34)36-26-27-13-6-14-28-26/h1-3,6-8,11-16H,4-5,9-10H2,(H,30,32). The fourth-order valence-corrected chi connectivity index (χ4v) is 6.03. The second-order valence-electron chi connectivity index (χ2n) is 8.09. The number of aromatic nitrogens is 2. The Morgan fingerprint density at radius 2 is 1.86 bits per heavy atom. The van der Waals surface area contributed by atoms with Gasteiger partial charge in [0.15, 0.2) is 5.16 Å². The molecule has 0 bridgehead atoms. The number of aliphatic imine (C=N–C) groups is 1. The molecule has 0 aliphatic heterocycles. The van der Waals surface area contributed by atoms with Crippen molar-refractivity contribution >= 4 is 51.6 Å². The van der Waals surface area contributed by atoms with Crippen molar-refractivity contribution in [2.45, 2.75) is 35.7 Å². The van der Waals surface area contributed by atoms with E-state index in [9.17, 15) is 14.9 Å². The molecule has 1 amide bonds. The quantitative estimate of drug-likeness (QED) is 0.131. The maximum Gasteiger partial charge on any atom is 0.283 e. The third-order valence-corrected chi connectivity index (χ3v) is 7.82. The van der Waals surface area contributed by atoms with Crippen LogP contribution in [0.3, 0.4) is 0 Å². The maximum atomic E-state index is 13.3. The first-order valence-electron chi connectivity index (χ1n) is 11.4. The number of anilines is 1. The predicted molar refractivity (Wildman–Crippen MR) is 142 cm³/mol. The summed E-state index contributed by atoms with van der Waals surface area (Å²) in [5.41, 5.74) is 2.90. The third kappa shape index (κ3) is 5.34. The van der Waals surface area contributed by atoms with Crippen LogP contribution in [0.2, 0.25) is 0 Å². The Kier molecular flexibility index (Phi) is 7.15. The molecule has 0 saturated heterocycles. The number of thiophene rings is 1. The fraction of sp³-hybridized carbons (Fsp3) is 0.154. The van der Waals surface area contributed by atoms with E-state index in [2.05, 4.69) is 20.3 Å². The summed E-state index contributed by atoms with van der Waals surface area (Å²) < 4.78 is 0. The van der Waals surface area contributed by atoms with Crippen molar-refractivity contribution in [3.8, 4) is 0 Å². The molecule has 36 heavy (non-hydrogen) atoms. The Bertz CT molecular complexity index is 1440. The van der Waals surface area contributed by atoms with Crippen LogP contribution in [0.25, 0.3) is 0 Å². The first kappa shape index (κ1) is 23.8. The highest BCUT2D eigenvalue weighted by molar-refractivity contribution is 7.99. The second-order valence-corrected chi connectivity index (χ2v) is 10.2. The number of nitro groups is 1. The second kappa shape index (κ2) is 10.8. The highest BCUT2D eigenvalue weighted by Crippen LogP contribution is 2.40. The number of hydrogen-bond donors (Lipinski definition) is 1. The number of aryl methyl sites for hydroxylation is 1. The topological polar surface area (TPSA) is 110 Å². The molecular formula is C26H21N5O3S2. The fourth-order valence-electron chi connectivity index (χ4n) is 4.00. The summed E-state index contributed by atoms with van der Waals surface area (Å²) in [4.78, 5) is 39.1.